The molecule has 0 unspecified atom stereocenters. The molecule has 0 aliphatic rings. The van der Waals surface area contributed by atoms with Gasteiger partial charge in [0.1, 0.15) is 10.5 Å². The maximum absolute atomic E-state index is 12.5. The third-order valence-corrected chi connectivity index (χ3v) is 4.80. The Labute approximate surface area is 139 Å². The lowest BCUT2D eigenvalue weighted by Crippen LogP contribution is -2.12. The molecule has 1 heterocycles. The second-order valence-corrected chi connectivity index (χ2v) is 6.76. The van der Waals surface area contributed by atoms with Crippen molar-refractivity contribution < 1.29 is 22.1 Å². The standard InChI is InChI=1S/C17H15NO5S/c1-11-7-9-12(10-8-11)24(20,21)23-16-15(17(19)22-2)13-5-3-4-6-14(13)18-16/h3-10,18H,1-2H3. The van der Waals surface area contributed by atoms with Gasteiger partial charge in [0, 0.05) is 10.9 Å². The predicted octanol–water partition coefficient (Wildman–Crippen LogP) is 3.03. The summed E-state index contributed by atoms with van der Waals surface area (Å²) in [6.07, 6.45) is 0. The highest BCUT2D eigenvalue weighted by atomic mass is 32.2. The number of aryl methyl sites for hydroxylation is 1. The average Bonchev–Trinajstić information content (AvgIpc) is 2.91. The molecule has 0 aliphatic carbocycles. The molecule has 3 rings (SSSR count). The number of carbonyl (C=O) groups is 1. The number of aromatic amines is 1. The Morgan fingerprint density at radius 3 is 2.38 bits per heavy atom. The third-order valence-electron chi connectivity index (χ3n) is 3.56. The van der Waals surface area contributed by atoms with Gasteiger partial charge in [-0.3, -0.25) is 0 Å². The maximum Gasteiger partial charge on any atom is 0.344 e. The number of aromatic nitrogens is 1. The van der Waals surface area contributed by atoms with E-state index in [2.05, 4.69) is 4.98 Å². The van der Waals surface area contributed by atoms with E-state index < -0.39 is 16.1 Å². The molecule has 124 valence electrons. The number of para-hydroxylation sites is 1. The zero-order valence-corrected chi connectivity index (χ0v) is 13.9. The van der Waals surface area contributed by atoms with E-state index in [1.807, 2.05) is 6.92 Å². The van der Waals surface area contributed by atoms with Crippen LogP contribution in [0, 0.1) is 6.92 Å². The predicted molar refractivity (Wildman–Crippen MR) is 88.6 cm³/mol. The number of hydrogen-bond acceptors (Lipinski definition) is 5. The number of H-pyrrole nitrogens is 1. The second-order valence-electron chi connectivity index (χ2n) is 5.22. The molecule has 6 nitrogen and oxygen atoms in total. The number of carbonyl (C=O) groups excluding carboxylic acids is 1. The number of benzene rings is 2. The summed E-state index contributed by atoms with van der Waals surface area (Å²) in [5.41, 5.74) is 1.55. The van der Waals surface area contributed by atoms with Crippen LogP contribution in [0.25, 0.3) is 10.9 Å². The molecular weight excluding hydrogens is 330 g/mol. The van der Waals surface area contributed by atoms with E-state index in [1.54, 1.807) is 36.4 Å². The molecule has 1 N–H and O–H groups in total. The van der Waals surface area contributed by atoms with Crippen molar-refractivity contribution in [3.63, 3.8) is 0 Å². The first-order valence-corrected chi connectivity index (χ1v) is 8.53. The highest BCUT2D eigenvalue weighted by Gasteiger charge is 2.25. The number of hydrogen-bond donors (Lipinski definition) is 1. The van der Waals surface area contributed by atoms with E-state index in [4.69, 9.17) is 8.92 Å². The number of nitrogens with one attached hydrogen (secondary N) is 1. The van der Waals surface area contributed by atoms with Crippen LogP contribution in [-0.2, 0) is 14.9 Å². The first-order chi connectivity index (χ1) is 11.4. The molecule has 0 atom stereocenters. The van der Waals surface area contributed by atoms with Crippen molar-refractivity contribution in [2.45, 2.75) is 11.8 Å². The summed E-state index contributed by atoms with van der Waals surface area (Å²) < 4.78 is 34.8. The van der Waals surface area contributed by atoms with Crippen molar-refractivity contribution >= 4 is 27.0 Å². The molecule has 3 aromatic rings. The van der Waals surface area contributed by atoms with Gasteiger partial charge in [-0.25, -0.2) is 4.79 Å². The Bertz CT molecular complexity index is 1000. The molecule has 0 amide bonds. The lowest BCUT2D eigenvalue weighted by Gasteiger charge is -2.07. The van der Waals surface area contributed by atoms with Gasteiger partial charge in [0.25, 0.3) is 0 Å². The van der Waals surface area contributed by atoms with Crippen molar-refractivity contribution in [1.29, 1.82) is 0 Å². The molecule has 1 aromatic heterocycles. The maximum atomic E-state index is 12.5. The Morgan fingerprint density at radius 1 is 1.04 bits per heavy atom. The topological polar surface area (TPSA) is 85.5 Å². The monoisotopic (exact) mass is 345 g/mol. The van der Waals surface area contributed by atoms with E-state index in [1.165, 1.54) is 19.2 Å². The Hall–Kier alpha value is -2.80. The third kappa shape index (κ3) is 2.85. The Balaban J connectivity index is 2.09. The minimum atomic E-state index is -4.08. The molecule has 0 fully saturated rings. The number of rotatable bonds is 4. The van der Waals surface area contributed by atoms with Gasteiger partial charge >= 0.3 is 16.1 Å². The summed E-state index contributed by atoms with van der Waals surface area (Å²) in [5.74, 6) is -0.842. The van der Waals surface area contributed by atoms with E-state index in [-0.39, 0.29) is 16.3 Å². The van der Waals surface area contributed by atoms with Gasteiger partial charge in [-0.2, -0.15) is 8.42 Å². The molecule has 24 heavy (non-hydrogen) atoms. The van der Waals surface area contributed by atoms with Crippen LogP contribution in [0.2, 0.25) is 0 Å². The van der Waals surface area contributed by atoms with Gasteiger partial charge in [0.15, 0.2) is 0 Å². The van der Waals surface area contributed by atoms with Crippen molar-refractivity contribution in [2.24, 2.45) is 0 Å². The van der Waals surface area contributed by atoms with Crippen LogP contribution in [0.1, 0.15) is 15.9 Å². The molecule has 0 spiro atoms. The quantitative estimate of drug-likeness (QED) is 0.580. The van der Waals surface area contributed by atoms with Gasteiger partial charge in [0.2, 0.25) is 5.88 Å². The second kappa shape index (κ2) is 6.01. The van der Waals surface area contributed by atoms with Gasteiger partial charge < -0.3 is 13.9 Å². The fourth-order valence-electron chi connectivity index (χ4n) is 2.35. The lowest BCUT2D eigenvalue weighted by atomic mass is 10.2. The van der Waals surface area contributed by atoms with Gasteiger partial charge in [0.05, 0.1) is 7.11 Å². The van der Waals surface area contributed by atoms with E-state index >= 15 is 0 Å². The summed E-state index contributed by atoms with van der Waals surface area (Å²) in [6.45, 7) is 1.85. The van der Waals surface area contributed by atoms with Crippen LogP contribution in [0.15, 0.2) is 53.4 Å². The molecule has 0 aliphatic heterocycles. The smallest absolute Gasteiger partial charge is 0.344 e. The number of esters is 1. The van der Waals surface area contributed by atoms with Crippen molar-refractivity contribution in [2.75, 3.05) is 7.11 Å². The minimum absolute atomic E-state index is 0.00238. The summed E-state index contributed by atoms with van der Waals surface area (Å²) in [7, 11) is -2.86. The van der Waals surface area contributed by atoms with Crippen LogP contribution in [0.5, 0.6) is 5.88 Å². The molecule has 2 aromatic carbocycles. The zero-order chi connectivity index (χ0) is 17.3. The normalized spacial score (nSPS) is 11.4. The SMILES string of the molecule is COC(=O)c1c(OS(=O)(=O)c2ccc(C)cc2)[nH]c2ccccc12. The molecule has 0 saturated heterocycles. The average molecular weight is 345 g/mol. The van der Waals surface area contributed by atoms with Crippen molar-refractivity contribution in [1.82, 2.24) is 4.98 Å². The number of ether oxygens (including phenoxy) is 1. The van der Waals surface area contributed by atoms with Crippen molar-refractivity contribution in [3.05, 3.63) is 59.7 Å². The first-order valence-electron chi connectivity index (χ1n) is 7.12. The van der Waals surface area contributed by atoms with E-state index in [9.17, 15) is 13.2 Å². The summed E-state index contributed by atoms with van der Waals surface area (Å²) >= 11 is 0. The largest absolute Gasteiger partial charge is 0.465 e. The fraction of sp³-hybridized carbons (Fsp3) is 0.118. The number of methoxy groups -OCH3 is 1. The zero-order valence-electron chi connectivity index (χ0n) is 13.1. The molecular formula is C17H15NO5S. The molecule has 7 heteroatoms. The van der Waals surface area contributed by atoms with Crippen LogP contribution < -0.4 is 4.18 Å². The van der Waals surface area contributed by atoms with Crippen LogP contribution in [-0.4, -0.2) is 26.5 Å². The van der Waals surface area contributed by atoms with Crippen LogP contribution in [0.4, 0.5) is 0 Å². The van der Waals surface area contributed by atoms with Gasteiger partial charge in [-0.15, -0.1) is 0 Å². The summed E-state index contributed by atoms with van der Waals surface area (Å²) in [6, 6.07) is 13.1. The summed E-state index contributed by atoms with van der Waals surface area (Å²) in [5, 5.41) is 0.526. The minimum Gasteiger partial charge on any atom is -0.465 e. The van der Waals surface area contributed by atoms with E-state index in [0.29, 0.717) is 10.9 Å². The van der Waals surface area contributed by atoms with Crippen LogP contribution in [0.3, 0.4) is 0 Å². The van der Waals surface area contributed by atoms with E-state index in [0.717, 1.165) is 5.56 Å². The first kappa shape index (κ1) is 16.1. The van der Waals surface area contributed by atoms with Gasteiger partial charge in [-0.05, 0) is 25.1 Å². The van der Waals surface area contributed by atoms with Crippen molar-refractivity contribution in [3.8, 4) is 5.88 Å². The van der Waals surface area contributed by atoms with Crippen LogP contribution >= 0.6 is 0 Å². The highest BCUT2D eigenvalue weighted by Crippen LogP contribution is 2.30. The number of fused-ring (bicyclic) bond motifs is 1. The lowest BCUT2D eigenvalue weighted by molar-refractivity contribution is 0.0601. The highest BCUT2D eigenvalue weighted by molar-refractivity contribution is 7.87. The Morgan fingerprint density at radius 2 is 1.71 bits per heavy atom. The fourth-order valence-corrected chi connectivity index (χ4v) is 3.26. The summed E-state index contributed by atoms with van der Waals surface area (Å²) in [4.78, 5) is 14.9. The molecule has 0 saturated carbocycles. The molecule has 0 radical (unpaired) electrons. The molecule has 0 bridgehead atoms. The van der Waals surface area contributed by atoms with Gasteiger partial charge in [-0.1, -0.05) is 35.9 Å². The Kier molecular flexibility index (Phi) is 4.02.